The summed E-state index contributed by atoms with van der Waals surface area (Å²) in [6, 6.07) is 0. The molecule has 1 atom stereocenters. The van der Waals surface area contributed by atoms with Crippen molar-refractivity contribution in [1.82, 2.24) is 4.98 Å². The van der Waals surface area contributed by atoms with E-state index in [-0.39, 0.29) is 12.0 Å². The number of rotatable bonds is 4. The van der Waals surface area contributed by atoms with E-state index in [1.807, 2.05) is 13.1 Å². The van der Waals surface area contributed by atoms with Crippen molar-refractivity contribution in [2.24, 2.45) is 5.41 Å². The van der Waals surface area contributed by atoms with Crippen LogP contribution >= 0.6 is 11.3 Å². The highest BCUT2D eigenvalue weighted by molar-refractivity contribution is 7.09. The zero-order valence-electron chi connectivity index (χ0n) is 7.16. The normalized spacial score (nSPS) is 15.5. The Labute approximate surface area is 76.6 Å². The summed E-state index contributed by atoms with van der Waals surface area (Å²) in [4.78, 5) is 5.16. The number of hydrogen-bond acceptors (Lipinski definition) is 3. The van der Waals surface area contributed by atoms with Crippen LogP contribution in [0.4, 0.5) is 0 Å². The van der Waals surface area contributed by atoms with Crippen LogP contribution < -0.4 is 0 Å². The zero-order chi connectivity index (χ0) is 9.03. The van der Waals surface area contributed by atoms with E-state index in [0.717, 1.165) is 6.42 Å². The topological polar surface area (TPSA) is 33.1 Å². The lowest BCUT2D eigenvalue weighted by Gasteiger charge is -2.21. The highest BCUT2D eigenvalue weighted by Gasteiger charge is 2.19. The summed E-state index contributed by atoms with van der Waals surface area (Å²) < 4.78 is 0. The molecule has 2 nitrogen and oxygen atoms in total. The summed E-state index contributed by atoms with van der Waals surface area (Å²) >= 11 is 1.61. The van der Waals surface area contributed by atoms with Crippen molar-refractivity contribution in [2.75, 3.05) is 6.61 Å². The number of aliphatic hydroxyl groups is 1. The third kappa shape index (κ3) is 2.16. The molecule has 1 rings (SSSR count). The molecule has 0 aliphatic heterocycles. The molecule has 0 bridgehead atoms. The van der Waals surface area contributed by atoms with Gasteiger partial charge in [0, 0.05) is 16.5 Å². The summed E-state index contributed by atoms with van der Waals surface area (Å²) in [7, 11) is 0. The van der Waals surface area contributed by atoms with Crippen LogP contribution in [0.2, 0.25) is 0 Å². The minimum Gasteiger partial charge on any atom is -0.395 e. The van der Waals surface area contributed by atoms with Crippen LogP contribution in [0.3, 0.4) is 0 Å². The fraction of sp³-hybridized carbons (Fsp3) is 0.444. The van der Waals surface area contributed by atoms with E-state index in [4.69, 9.17) is 5.11 Å². The summed E-state index contributed by atoms with van der Waals surface area (Å²) in [6.07, 6.45) is 4.45. The average molecular weight is 183 g/mol. The number of aliphatic hydroxyl groups excluding tert-OH is 1. The molecule has 0 radical (unpaired) electrons. The van der Waals surface area contributed by atoms with Crippen molar-refractivity contribution in [3.63, 3.8) is 0 Å². The summed E-state index contributed by atoms with van der Waals surface area (Å²) in [5, 5.41) is 9.10. The Kier molecular flexibility index (Phi) is 3.00. The maximum atomic E-state index is 9.10. The minimum atomic E-state index is -0.202. The van der Waals surface area contributed by atoms with Gasteiger partial charge in [-0.1, -0.05) is 13.0 Å². The van der Waals surface area contributed by atoms with Gasteiger partial charge in [-0.15, -0.1) is 17.9 Å². The first-order valence-electron chi connectivity index (χ1n) is 3.82. The lowest BCUT2D eigenvalue weighted by molar-refractivity contribution is 0.185. The first-order valence-corrected chi connectivity index (χ1v) is 4.70. The van der Waals surface area contributed by atoms with Crippen molar-refractivity contribution < 1.29 is 5.11 Å². The van der Waals surface area contributed by atoms with Gasteiger partial charge in [-0.2, -0.15) is 0 Å². The molecule has 1 aromatic heterocycles. The van der Waals surface area contributed by atoms with Crippen molar-refractivity contribution in [2.45, 2.75) is 13.3 Å². The van der Waals surface area contributed by atoms with E-state index in [9.17, 15) is 0 Å². The monoisotopic (exact) mass is 183 g/mol. The number of nitrogens with zero attached hydrogens (tertiary/aromatic N) is 1. The zero-order valence-corrected chi connectivity index (χ0v) is 7.97. The van der Waals surface area contributed by atoms with E-state index in [1.165, 1.54) is 4.88 Å². The molecule has 1 N–H and O–H groups in total. The molecule has 0 saturated heterocycles. The lowest BCUT2D eigenvalue weighted by atomic mass is 9.88. The number of thiazole rings is 1. The third-order valence-electron chi connectivity index (χ3n) is 1.92. The van der Waals surface area contributed by atoms with Crippen LogP contribution in [0.25, 0.3) is 0 Å². The van der Waals surface area contributed by atoms with E-state index in [1.54, 1.807) is 22.9 Å². The number of aromatic nitrogens is 1. The van der Waals surface area contributed by atoms with Crippen molar-refractivity contribution in [1.29, 1.82) is 0 Å². The van der Waals surface area contributed by atoms with Crippen molar-refractivity contribution in [3.8, 4) is 0 Å². The van der Waals surface area contributed by atoms with Gasteiger partial charge in [-0.3, -0.25) is 4.98 Å². The Morgan fingerprint density at radius 2 is 2.58 bits per heavy atom. The maximum Gasteiger partial charge on any atom is 0.0794 e. The predicted molar refractivity (Wildman–Crippen MR) is 51.2 cm³/mol. The van der Waals surface area contributed by atoms with Crippen LogP contribution in [-0.4, -0.2) is 16.7 Å². The standard InChI is InChI=1S/C9H13NOS/c1-3-9(2,6-11)4-8-5-10-7-12-8/h3,5,7,11H,1,4,6H2,2H3. The molecule has 0 fully saturated rings. The van der Waals surface area contributed by atoms with Crippen molar-refractivity contribution in [3.05, 3.63) is 29.2 Å². The SMILES string of the molecule is C=CC(C)(CO)Cc1cncs1. The fourth-order valence-electron chi connectivity index (χ4n) is 0.920. The second-order valence-electron chi connectivity index (χ2n) is 3.16. The molecule has 1 heterocycles. The first-order chi connectivity index (χ1) is 5.70. The lowest BCUT2D eigenvalue weighted by Crippen LogP contribution is -2.20. The van der Waals surface area contributed by atoms with Gasteiger partial charge in [0.25, 0.3) is 0 Å². The largest absolute Gasteiger partial charge is 0.395 e. The van der Waals surface area contributed by atoms with Gasteiger partial charge in [0.05, 0.1) is 12.1 Å². The summed E-state index contributed by atoms with van der Waals surface area (Å²) in [6.45, 7) is 5.83. The summed E-state index contributed by atoms with van der Waals surface area (Å²) in [5.74, 6) is 0. The van der Waals surface area contributed by atoms with Crippen LogP contribution in [0.1, 0.15) is 11.8 Å². The molecule has 0 spiro atoms. The third-order valence-corrected chi connectivity index (χ3v) is 2.70. The Balaban J connectivity index is 2.66. The smallest absolute Gasteiger partial charge is 0.0794 e. The molecule has 0 aliphatic rings. The fourth-order valence-corrected chi connectivity index (χ4v) is 1.71. The molecule has 0 saturated carbocycles. The van der Waals surface area contributed by atoms with E-state index < -0.39 is 0 Å². The molecule has 0 amide bonds. The maximum absolute atomic E-state index is 9.10. The van der Waals surface area contributed by atoms with Crippen LogP contribution in [0.15, 0.2) is 24.4 Å². The second-order valence-corrected chi connectivity index (χ2v) is 4.13. The van der Waals surface area contributed by atoms with Gasteiger partial charge in [0.2, 0.25) is 0 Å². The number of hydrogen-bond donors (Lipinski definition) is 1. The Morgan fingerprint density at radius 1 is 1.83 bits per heavy atom. The van der Waals surface area contributed by atoms with Gasteiger partial charge in [-0.05, 0) is 6.42 Å². The second kappa shape index (κ2) is 3.83. The van der Waals surface area contributed by atoms with E-state index in [2.05, 4.69) is 11.6 Å². The molecular weight excluding hydrogens is 170 g/mol. The molecule has 0 aromatic carbocycles. The van der Waals surface area contributed by atoms with E-state index >= 15 is 0 Å². The van der Waals surface area contributed by atoms with Gasteiger partial charge in [-0.25, -0.2) is 0 Å². The molecule has 3 heteroatoms. The van der Waals surface area contributed by atoms with Gasteiger partial charge >= 0.3 is 0 Å². The first kappa shape index (κ1) is 9.42. The highest BCUT2D eigenvalue weighted by atomic mass is 32.1. The molecule has 1 aromatic rings. The predicted octanol–water partition coefficient (Wildman–Crippen LogP) is 1.87. The minimum absolute atomic E-state index is 0.133. The highest BCUT2D eigenvalue weighted by Crippen LogP contribution is 2.24. The summed E-state index contributed by atoms with van der Waals surface area (Å²) in [5.41, 5.74) is 1.60. The van der Waals surface area contributed by atoms with Gasteiger partial charge in [0.1, 0.15) is 0 Å². The molecular formula is C9H13NOS. The molecule has 12 heavy (non-hydrogen) atoms. The van der Waals surface area contributed by atoms with Crippen molar-refractivity contribution >= 4 is 11.3 Å². The average Bonchev–Trinajstić information content (AvgIpc) is 2.57. The quantitative estimate of drug-likeness (QED) is 0.723. The molecule has 0 aliphatic carbocycles. The Morgan fingerprint density at radius 3 is 3.00 bits per heavy atom. The van der Waals surface area contributed by atoms with E-state index in [0.29, 0.717) is 0 Å². The van der Waals surface area contributed by atoms with Gasteiger partial charge < -0.3 is 5.11 Å². The van der Waals surface area contributed by atoms with Crippen LogP contribution in [-0.2, 0) is 6.42 Å². The molecule has 1 unspecified atom stereocenters. The van der Waals surface area contributed by atoms with Gasteiger partial charge in [0.15, 0.2) is 0 Å². The van der Waals surface area contributed by atoms with Crippen LogP contribution in [0, 0.1) is 5.41 Å². The van der Waals surface area contributed by atoms with Crippen LogP contribution in [0.5, 0.6) is 0 Å². The molecule has 66 valence electrons. The Bertz CT molecular complexity index is 245. The Hall–Kier alpha value is -0.670.